The average Bonchev–Trinajstić information content (AvgIpc) is 2.28. The number of nitrogens with zero attached hydrogens (tertiary/aromatic N) is 1. The van der Waals surface area contributed by atoms with Crippen LogP contribution in [0.4, 0.5) is 0 Å². The van der Waals surface area contributed by atoms with Gasteiger partial charge in [-0.25, -0.2) is 4.98 Å². The van der Waals surface area contributed by atoms with E-state index in [-0.39, 0.29) is 5.78 Å². The van der Waals surface area contributed by atoms with Gasteiger partial charge in [-0.15, -0.1) is 0 Å². The number of rotatable bonds is 2. The number of hydrogen-bond acceptors (Lipinski definition) is 2. The summed E-state index contributed by atoms with van der Waals surface area (Å²) in [6.45, 7) is 3.85. The third kappa shape index (κ3) is 2.16. The average molecular weight is 211 g/mol. The monoisotopic (exact) mass is 211 g/mol. The summed E-state index contributed by atoms with van der Waals surface area (Å²) in [5, 5.41) is 0. The van der Waals surface area contributed by atoms with Crippen molar-refractivity contribution in [2.24, 2.45) is 0 Å². The van der Waals surface area contributed by atoms with Crippen LogP contribution in [-0.2, 0) is 0 Å². The highest BCUT2D eigenvalue weighted by molar-refractivity contribution is 6.07. The minimum Gasteiger partial charge on any atom is -0.287 e. The highest BCUT2D eigenvalue weighted by Crippen LogP contribution is 2.10. The topological polar surface area (TPSA) is 30.0 Å². The Kier molecular flexibility index (Phi) is 2.82. The summed E-state index contributed by atoms with van der Waals surface area (Å²) in [6.07, 6.45) is 0. The first-order chi connectivity index (χ1) is 7.66. The maximum atomic E-state index is 12.1. The van der Waals surface area contributed by atoms with Crippen molar-refractivity contribution in [1.29, 1.82) is 0 Å². The molecule has 0 fully saturated rings. The number of ketones is 1. The number of carbonyl (C=O) groups excluding carboxylic acids is 1. The van der Waals surface area contributed by atoms with Gasteiger partial charge in [-0.1, -0.05) is 29.8 Å². The van der Waals surface area contributed by atoms with E-state index in [1.165, 1.54) is 0 Å². The van der Waals surface area contributed by atoms with E-state index in [1.54, 1.807) is 6.07 Å². The maximum Gasteiger partial charge on any atom is 0.211 e. The first-order valence-corrected chi connectivity index (χ1v) is 5.22. The molecule has 2 nitrogen and oxygen atoms in total. The van der Waals surface area contributed by atoms with Gasteiger partial charge in [-0.3, -0.25) is 4.79 Å². The van der Waals surface area contributed by atoms with Crippen LogP contribution in [0.1, 0.15) is 27.3 Å². The highest BCUT2D eigenvalue weighted by Gasteiger charge is 2.09. The molecule has 1 heterocycles. The Morgan fingerprint density at radius 2 is 1.81 bits per heavy atom. The summed E-state index contributed by atoms with van der Waals surface area (Å²) in [7, 11) is 0. The molecular weight excluding hydrogens is 198 g/mol. The summed E-state index contributed by atoms with van der Waals surface area (Å²) >= 11 is 0. The molecule has 0 saturated heterocycles. The second kappa shape index (κ2) is 4.27. The van der Waals surface area contributed by atoms with Gasteiger partial charge in [0.25, 0.3) is 0 Å². The van der Waals surface area contributed by atoms with Gasteiger partial charge in [0.15, 0.2) is 0 Å². The van der Waals surface area contributed by atoms with E-state index in [0.717, 1.165) is 11.3 Å². The largest absolute Gasteiger partial charge is 0.287 e. The van der Waals surface area contributed by atoms with E-state index in [0.29, 0.717) is 11.3 Å². The van der Waals surface area contributed by atoms with Crippen molar-refractivity contribution >= 4 is 5.78 Å². The molecule has 2 aromatic rings. The summed E-state index contributed by atoms with van der Waals surface area (Å²) in [6, 6.07) is 13.0. The summed E-state index contributed by atoms with van der Waals surface area (Å²) in [5.41, 5.74) is 3.14. The minimum atomic E-state index is -0.0209. The number of benzene rings is 1. The Morgan fingerprint density at radius 3 is 2.50 bits per heavy atom. The van der Waals surface area contributed by atoms with Gasteiger partial charge in [0.1, 0.15) is 5.69 Å². The maximum absolute atomic E-state index is 12.1. The van der Waals surface area contributed by atoms with Crippen LogP contribution in [0.15, 0.2) is 42.5 Å². The minimum absolute atomic E-state index is 0.0209. The number of aryl methyl sites for hydroxylation is 2. The molecule has 1 aromatic heterocycles. The van der Waals surface area contributed by atoms with Crippen molar-refractivity contribution in [3.05, 3.63) is 65.0 Å². The lowest BCUT2D eigenvalue weighted by Crippen LogP contribution is -2.04. The Morgan fingerprint density at radius 1 is 1.06 bits per heavy atom. The number of pyridine rings is 1. The first kappa shape index (κ1) is 10.6. The molecule has 1 aromatic carbocycles. The van der Waals surface area contributed by atoms with Crippen molar-refractivity contribution in [2.45, 2.75) is 13.8 Å². The summed E-state index contributed by atoms with van der Waals surface area (Å²) in [4.78, 5) is 16.3. The predicted octanol–water partition coefficient (Wildman–Crippen LogP) is 2.93. The fourth-order valence-electron chi connectivity index (χ4n) is 1.60. The molecule has 0 spiro atoms. The van der Waals surface area contributed by atoms with E-state index in [1.807, 2.05) is 50.2 Å². The smallest absolute Gasteiger partial charge is 0.211 e. The molecule has 16 heavy (non-hydrogen) atoms. The highest BCUT2D eigenvalue weighted by atomic mass is 16.1. The zero-order valence-electron chi connectivity index (χ0n) is 9.40. The number of aromatic nitrogens is 1. The fraction of sp³-hybridized carbons (Fsp3) is 0.143. The Bertz CT molecular complexity index is 484. The van der Waals surface area contributed by atoms with Gasteiger partial charge in [0.05, 0.1) is 0 Å². The molecular formula is C14H13NO. The van der Waals surface area contributed by atoms with E-state index in [4.69, 9.17) is 0 Å². The molecule has 0 amide bonds. The standard InChI is InChI=1S/C14H13NO/c1-10-5-3-7-12(9-10)14(16)13-8-4-6-11(2)15-13/h3-9H,1-2H3. The Labute approximate surface area is 95.0 Å². The molecule has 0 aliphatic rings. The van der Waals surface area contributed by atoms with Crippen LogP contribution in [0.25, 0.3) is 0 Å². The SMILES string of the molecule is Cc1cccc(C(=O)c2cccc(C)n2)c1. The quantitative estimate of drug-likeness (QED) is 0.715. The molecule has 0 N–H and O–H groups in total. The molecule has 0 radical (unpaired) electrons. The van der Waals surface area contributed by atoms with Gasteiger partial charge >= 0.3 is 0 Å². The van der Waals surface area contributed by atoms with E-state index in [9.17, 15) is 4.79 Å². The summed E-state index contributed by atoms with van der Waals surface area (Å²) < 4.78 is 0. The molecule has 80 valence electrons. The molecule has 2 rings (SSSR count). The van der Waals surface area contributed by atoms with Crippen LogP contribution < -0.4 is 0 Å². The number of hydrogen-bond donors (Lipinski definition) is 0. The van der Waals surface area contributed by atoms with Crippen LogP contribution in [-0.4, -0.2) is 10.8 Å². The van der Waals surface area contributed by atoms with Crippen molar-refractivity contribution < 1.29 is 4.79 Å². The molecule has 2 heteroatoms. The molecule has 0 aliphatic carbocycles. The summed E-state index contributed by atoms with van der Waals surface area (Å²) in [5.74, 6) is -0.0209. The second-order valence-electron chi connectivity index (χ2n) is 3.86. The van der Waals surface area contributed by atoms with Crippen molar-refractivity contribution in [3.8, 4) is 0 Å². The van der Waals surface area contributed by atoms with Crippen LogP contribution in [0.5, 0.6) is 0 Å². The van der Waals surface area contributed by atoms with Crippen LogP contribution >= 0.6 is 0 Å². The van der Waals surface area contributed by atoms with Gasteiger partial charge in [-0.05, 0) is 32.0 Å². The van der Waals surface area contributed by atoms with Gasteiger partial charge in [-0.2, -0.15) is 0 Å². The van der Waals surface area contributed by atoms with Crippen molar-refractivity contribution in [3.63, 3.8) is 0 Å². The van der Waals surface area contributed by atoms with E-state index >= 15 is 0 Å². The lowest BCUT2D eigenvalue weighted by atomic mass is 10.1. The zero-order valence-corrected chi connectivity index (χ0v) is 9.40. The molecule has 0 saturated carbocycles. The van der Waals surface area contributed by atoms with Crippen molar-refractivity contribution in [1.82, 2.24) is 4.98 Å². The van der Waals surface area contributed by atoms with Crippen LogP contribution in [0.3, 0.4) is 0 Å². The normalized spacial score (nSPS) is 10.1. The first-order valence-electron chi connectivity index (χ1n) is 5.22. The van der Waals surface area contributed by atoms with Crippen LogP contribution in [0, 0.1) is 13.8 Å². The third-order valence-electron chi connectivity index (χ3n) is 2.40. The number of carbonyl (C=O) groups is 1. The fourth-order valence-corrected chi connectivity index (χ4v) is 1.60. The van der Waals surface area contributed by atoms with Gasteiger partial charge in [0, 0.05) is 11.3 Å². The third-order valence-corrected chi connectivity index (χ3v) is 2.40. The zero-order chi connectivity index (χ0) is 11.5. The predicted molar refractivity (Wildman–Crippen MR) is 63.6 cm³/mol. The Balaban J connectivity index is 2.39. The molecule has 0 aliphatic heterocycles. The van der Waals surface area contributed by atoms with Gasteiger partial charge in [0.2, 0.25) is 5.78 Å². The van der Waals surface area contributed by atoms with Crippen LogP contribution in [0.2, 0.25) is 0 Å². The molecule has 0 bridgehead atoms. The van der Waals surface area contributed by atoms with Gasteiger partial charge < -0.3 is 0 Å². The molecule has 0 unspecified atom stereocenters. The van der Waals surface area contributed by atoms with E-state index in [2.05, 4.69) is 4.98 Å². The lowest BCUT2D eigenvalue weighted by molar-refractivity contribution is 0.103. The van der Waals surface area contributed by atoms with E-state index < -0.39 is 0 Å². The Hall–Kier alpha value is -1.96. The lowest BCUT2D eigenvalue weighted by Gasteiger charge is -2.02. The molecule has 0 atom stereocenters. The van der Waals surface area contributed by atoms with Crippen molar-refractivity contribution in [2.75, 3.05) is 0 Å². The second-order valence-corrected chi connectivity index (χ2v) is 3.86.